The van der Waals surface area contributed by atoms with E-state index >= 15 is 0 Å². The number of amides is 2. The van der Waals surface area contributed by atoms with E-state index in [9.17, 15) is 9.59 Å². The molecule has 0 aliphatic heterocycles. The topological polar surface area (TPSA) is 58.6 Å². The van der Waals surface area contributed by atoms with Crippen LogP contribution in [-0.4, -0.2) is 35.9 Å². The molecule has 3 aromatic rings. The van der Waals surface area contributed by atoms with Crippen LogP contribution in [0.3, 0.4) is 0 Å². The molecule has 0 aromatic heterocycles. The zero-order chi connectivity index (χ0) is 24.5. The molecule has 6 heteroatoms. The van der Waals surface area contributed by atoms with E-state index in [1.165, 1.54) is 0 Å². The van der Waals surface area contributed by atoms with Crippen LogP contribution in [0.15, 0.2) is 77.3 Å². The lowest BCUT2D eigenvalue weighted by Crippen LogP contribution is -2.51. The minimum absolute atomic E-state index is 0.147. The number of benzene rings is 3. The Labute approximate surface area is 210 Å². The number of hydrogen-bond donors (Lipinski definition) is 1. The van der Waals surface area contributed by atoms with Crippen LogP contribution in [0.25, 0.3) is 0 Å². The second-order valence-corrected chi connectivity index (χ2v) is 9.15. The van der Waals surface area contributed by atoms with E-state index in [-0.39, 0.29) is 18.4 Å². The summed E-state index contributed by atoms with van der Waals surface area (Å²) in [5, 5.41) is 2.91. The zero-order valence-electron chi connectivity index (χ0n) is 19.9. The van der Waals surface area contributed by atoms with Gasteiger partial charge in [-0.1, -0.05) is 70.5 Å². The summed E-state index contributed by atoms with van der Waals surface area (Å²) in [5.74, 6) is 0.258. The molecule has 0 aliphatic rings. The summed E-state index contributed by atoms with van der Waals surface area (Å²) in [7, 11) is 0. The lowest BCUT2D eigenvalue weighted by atomic mass is 10.0. The number of carbonyl (C=O) groups is 2. The molecule has 0 saturated heterocycles. The van der Waals surface area contributed by atoms with Crippen LogP contribution in [0, 0.1) is 13.8 Å². The molecule has 0 heterocycles. The average molecular weight is 523 g/mol. The molecule has 0 fully saturated rings. The summed E-state index contributed by atoms with van der Waals surface area (Å²) < 4.78 is 6.88. The third-order valence-corrected chi connectivity index (χ3v) is 6.32. The van der Waals surface area contributed by atoms with Crippen LogP contribution in [0.1, 0.15) is 29.2 Å². The van der Waals surface area contributed by atoms with Crippen molar-refractivity contribution in [1.29, 1.82) is 0 Å². The van der Waals surface area contributed by atoms with E-state index in [1.54, 1.807) is 4.90 Å². The number of rotatable bonds is 10. The summed E-state index contributed by atoms with van der Waals surface area (Å²) in [5.41, 5.74) is 4.02. The molecule has 0 saturated carbocycles. The Balaban J connectivity index is 1.90. The van der Waals surface area contributed by atoms with Gasteiger partial charge in [-0.3, -0.25) is 9.59 Å². The zero-order valence-corrected chi connectivity index (χ0v) is 21.5. The molecule has 0 spiro atoms. The minimum atomic E-state index is -0.666. The fraction of sp³-hybridized carbons (Fsp3) is 0.286. The van der Waals surface area contributed by atoms with Gasteiger partial charge in [-0.2, -0.15) is 0 Å². The highest BCUT2D eigenvalue weighted by molar-refractivity contribution is 9.10. The maximum absolute atomic E-state index is 13.5. The monoisotopic (exact) mass is 522 g/mol. The molecule has 34 heavy (non-hydrogen) atoms. The Morgan fingerprint density at radius 3 is 2.32 bits per heavy atom. The fourth-order valence-corrected chi connectivity index (χ4v) is 4.00. The van der Waals surface area contributed by atoms with E-state index in [1.807, 2.05) is 93.6 Å². The van der Waals surface area contributed by atoms with Crippen molar-refractivity contribution in [2.24, 2.45) is 0 Å². The fourth-order valence-electron chi connectivity index (χ4n) is 3.74. The highest BCUT2D eigenvalue weighted by atomic mass is 79.9. The van der Waals surface area contributed by atoms with E-state index in [4.69, 9.17) is 4.74 Å². The van der Waals surface area contributed by atoms with Crippen LogP contribution < -0.4 is 10.1 Å². The van der Waals surface area contributed by atoms with Gasteiger partial charge in [0, 0.05) is 24.0 Å². The summed E-state index contributed by atoms with van der Waals surface area (Å²) in [6.07, 6.45) is 0.415. The van der Waals surface area contributed by atoms with Gasteiger partial charge in [-0.05, 0) is 61.2 Å². The van der Waals surface area contributed by atoms with Gasteiger partial charge in [0.25, 0.3) is 5.91 Å². The Morgan fingerprint density at radius 2 is 1.65 bits per heavy atom. The molecule has 0 aliphatic carbocycles. The van der Waals surface area contributed by atoms with Gasteiger partial charge >= 0.3 is 0 Å². The molecule has 178 valence electrons. The van der Waals surface area contributed by atoms with Crippen molar-refractivity contribution in [3.63, 3.8) is 0 Å². The SMILES string of the molecule is CCNC(=O)[C@@H](Cc1ccccc1)N(Cc1ccc(Br)cc1)C(=O)COc1cccc(C)c1C. The van der Waals surface area contributed by atoms with E-state index < -0.39 is 6.04 Å². The van der Waals surface area contributed by atoms with Gasteiger partial charge < -0.3 is 15.0 Å². The summed E-state index contributed by atoms with van der Waals surface area (Å²) in [6.45, 7) is 6.50. The molecular formula is C28H31BrN2O3. The van der Waals surface area contributed by atoms with Crippen molar-refractivity contribution in [3.05, 3.63) is 99.5 Å². The molecule has 0 radical (unpaired) electrons. The largest absolute Gasteiger partial charge is 0.483 e. The normalized spacial score (nSPS) is 11.5. The molecule has 0 bridgehead atoms. The molecule has 1 N–H and O–H groups in total. The van der Waals surface area contributed by atoms with Gasteiger partial charge in [0.05, 0.1) is 0 Å². The van der Waals surface area contributed by atoms with Crippen molar-refractivity contribution in [2.45, 2.75) is 39.8 Å². The Bertz CT molecular complexity index is 1100. The highest BCUT2D eigenvalue weighted by Crippen LogP contribution is 2.22. The average Bonchev–Trinajstić information content (AvgIpc) is 2.84. The maximum Gasteiger partial charge on any atom is 0.261 e. The van der Waals surface area contributed by atoms with E-state index in [0.717, 1.165) is 26.7 Å². The molecule has 0 unspecified atom stereocenters. The van der Waals surface area contributed by atoms with Gasteiger partial charge in [0.15, 0.2) is 6.61 Å². The van der Waals surface area contributed by atoms with Crippen LogP contribution >= 0.6 is 15.9 Å². The number of ether oxygens (including phenoxy) is 1. The van der Waals surface area contributed by atoms with Gasteiger partial charge in [-0.15, -0.1) is 0 Å². The Morgan fingerprint density at radius 1 is 0.941 bits per heavy atom. The Hall–Kier alpha value is -3.12. The number of nitrogens with zero attached hydrogens (tertiary/aromatic N) is 1. The number of halogens is 1. The van der Waals surface area contributed by atoms with Crippen molar-refractivity contribution in [2.75, 3.05) is 13.2 Å². The first-order valence-corrected chi connectivity index (χ1v) is 12.2. The molecule has 2 amide bonds. The van der Waals surface area contributed by atoms with Crippen LogP contribution in [0.4, 0.5) is 0 Å². The van der Waals surface area contributed by atoms with Crippen molar-refractivity contribution in [1.82, 2.24) is 10.2 Å². The molecule has 3 rings (SSSR count). The first kappa shape index (κ1) is 25.5. The third kappa shape index (κ3) is 6.94. The van der Waals surface area contributed by atoms with Gasteiger partial charge in [0.1, 0.15) is 11.8 Å². The third-order valence-electron chi connectivity index (χ3n) is 5.79. The first-order valence-electron chi connectivity index (χ1n) is 11.4. The second kappa shape index (κ2) is 12.4. The molecule has 1 atom stereocenters. The maximum atomic E-state index is 13.5. The van der Waals surface area contributed by atoms with E-state index in [2.05, 4.69) is 21.2 Å². The van der Waals surface area contributed by atoms with Crippen LogP contribution in [0.5, 0.6) is 5.75 Å². The molecule has 3 aromatic carbocycles. The number of nitrogens with one attached hydrogen (secondary N) is 1. The van der Waals surface area contributed by atoms with Crippen LogP contribution in [-0.2, 0) is 22.6 Å². The first-order chi connectivity index (χ1) is 16.4. The summed E-state index contributed by atoms with van der Waals surface area (Å²) in [6, 6.07) is 22.6. The summed E-state index contributed by atoms with van der Waals surface area (Å²) in [4.78, 5) is 28.3. The quantitative estimate of drug-likeness (QED) is 0.397. The van der Waals surface area contributed by atoms with Crippen molar-refractivity contribution in [3.8, 4) is 5.75 Å². The number of likely N-dealkylation sites (N-methyl/N-ethyl adjacent to an activating group) is 1. The van der Waals surface area contributed by atoms with E-state index in [0.29, 0.717) is 25.3 Å². The van der Waals surface area contributed by atoms with Crippen molar-refractivity contribution < 1.29 is 14.3 Å². The molecule has 5 nitrogen and oxygen atoms in total. The Kier molecular flexibility index (Phi) is 9.28. The number of aryl methyl sites for hydroxylation is 1. The smallest absolute Gasteiger partial charge is 0.261 e. The predicted octanol–water partition coefficient (Wildman–Crippen LogP) is 5.22. The number of hydrogen-bond acceptors (Lipinski definition) is 3. The second-order valence-electron chi connectivity index (χ2n) is 8.23. The molecular weight excluding hydrogens is 492 g/mol. The van der Waals surface area contributed by atoms with Crippen LogP contribution in [0.2, 0.25) is 0 Å². The summed E-state index contributed by atoms with van der Waals surface area (Å²) >= 11 is 3.46. The highest BCUT2D eigenvalue weighted by Gasteiger charge is 2.30. The predicted molar refractivity (Wildman–Crippen MR) is 139 cm³/mol. The lowest BCUT2D eigenvalue weighted by Gasteiger charge is -2.31. The number of carbonyl (C=O) groups excluding carboxylic acids is 2. The standard InChI is InChI=1S/C28H31BrN2O3/c1-4-30-28(33)25(17-22-10-6-5-7-11-22)31(18-23-13-15-24(29)16-14-23)27(32)19-34-26-12-8-9-20(2)21(26)3/h5-16,25H,4,17-19H2,1-3H3,(H,30,33)/t25-/m1/s1. The van der Waals surface area contributed by atoms with Crippen molar-refractivity contribution >= 4 is 27.7 Å². The van der Waals surface area contributed by atoms with Gasteiger partial charge in [-0.25, -0.2) is 0 Å². The lowest BCUT2D eigenvalue weighted by molar-refractivity contribution is -0.142. The minimum Gasteiger partial charge on any atom is -0.483 e. The van der Waals surface area contributed by atoms with Gasteiger partial charge in [0.2, 0.25) is 5.91 Å².